The Morgan fingerprint density at radius 2 is 1.66 bits per heavy atom. The van der Waals surface area contributed by atoms with Gasteiger partial charge in [-0.25, -0.2) is 8.42 Å². The standard InChI is InChI=1S/C25H20ClNO4S/c1-16-19(14-24(28)29)13-18-7-10-20(26)15-23(18)25(16)17-8-11-21(12-9-17)27-32(30,31)22-5-3-2-4-6-22/h2-13,15,27H,14H2,1H3,(H,28,29). The maximum absolute atomic E-state index is 12.6. The lowest BCUT2D eigenvalue weighted by atomic mass is 9.89. The van der Waals surface area contributed by atoms with Gasteiger partial charge in [0.25, 0.3) is 10.0 Å². The van der Waals surface area contributed by atoms with Crippen molar-refractivity contribution in [1.29, 1.82) is 0 Å². The van der Waals surface area contributed by atoms with Gasteiger partial charge in [-0.1, -0.05) is 54.1 Å². The van der Waals surface area contributed by atoms with Gasteiger partial charge in [-0.2, -0.15) is 0 Å². The highest BCUT2D eigenvalue weighted by Gasteiger charge is 2.16. The van der Waals surface area contributed by atoms with E-state index in [0.29, 0.717) is 10.7 Å². The number of halogens is 1. The molecule has 0 saturated heterocycles. The molecule has 162 valence electrons. The van der Waals surface area contributed by atoms with E-state index in [1.807, 2.05) is 37.3 Å². The fraction of sp³-hybridized carbons (Fsp3) is 0.0800. The smallest absolute Gasteiger partial charge is 0.307 e. The summed E-state index contributed by atoms with van der Waals surface area (Å²) >= 11 is 6.24. The van der Waals surface area contributed by atoms with Crippen LogP contribution in [-0.2, 0) is 21.2 Å². The van der Waals surface area contributed by atoms with E-state index in [-0.39, 0.29) is 11.3 Å². The Labute approximate surface area is 191 Å². The Hall–Kier alpha value is -3.35. The Balaban J connectivity index is 1.77. The molecule has 7 heteroatoms. The molecule has 0 heterocycles. The lowest BCUT2D eigenvalue weighted by Gasteiger charge is -2.16. The molecule has 0 atom stereocenters. The number of hydrogen-bond donors (Lipinski definition) is 2. The molecule has 0 amide bonds. The minimum atomic E-state index is -3.69. The van der Waals surface area contributed by atoms with Crippen molar-refractivity contribution in [3.8, 4) is 11.1 Å². The molecular weight excluding hydrogens is 446 g/mol. The molecule has 4 rings (SSSR count). The van der Waals surface area contributed by atoms with E-state index in [0.717, 1.165) is 33.0 Å². The van der Waals surface area contributed by atoms with Crippen LogP contribution in [0.2, 0.25) is 5.02 Å². The first-order chi connectivity index (χ1) is 15.2. The zero-order valence-corrected chi connectivity index (χ0v) is 18.7. The van der Waals surface area contributed by atoms with Crippen LogP contribution in [0, 0.1) is 6.92 Å². The summed E-state index contributed by atoms with van der Waals surface area (Å²) in [6.07, 6.45) is -0.0909. The Kier molecular flexibility index (Phi) is 5.91. The maximum Gasteiger partial charge on any atom is 0.307 e. The molecule has 0 aliphatic heterocycles. The molecule has 0 fully saturated rings. The van der Waals surface area contributed by atoms with Crippen molar-refractivity contribution in [1.82, 2.24) is 0 Å². The molecule has 0 bridgehead atoms. The van der Waals surface area contributed by atoms with Crippen molar-refractivity contribution in [3.05, 3.63) is 95.0 Å². The highest BCUT2D eigenvalue weighted by Crippen LogP contribution is 2.36. The van der Waals surface area contributed by atoms with Crippen molar-refractivity contribution >= 4 is 44.1 Å². The van der Waals surface area contributed by atoms with E-state index in [1.54, 1.807) is 36.4 Å². The van der Waals surface area contributed by atoms with E-state index in [2.05, 4.69) is 4.72 Å². The molecule has 0 spiro atoms. The summed E-state index contributed by atoms with van der Waals surface area (Å²) in [5.41, 5.74) is 3.71. The molecule has 4 aromatic rings. The van der Waals surface area contributed by atoms with Gasteiger partial charge in [-0.3, -0.25) is 9.52 Å². The van der Waals surface area contributed by atoms with Gasteiger partial charge in [0.05, 0.1) is 11.3 Å². The number of fused-ring (bicyclic) bond motifs is 1. The number of hydrogen-bond acceptors (Lipinski definition) is 3. The molecule has 0 unspecified atom stereocenters. The third-order valence-electron chi connectivity index (χ3n) is 5.29. The second kappa shape index (κ2) is 8.65. The third kappa shape index (κ3) is 4.47. The fourth-order valence-electron chi connectivity index (χ4n) is 3.77. The van der Waals surface area contributed by atoms with Crippen molar-refractivity contribution in [3.63, 3.8) is 0 Å². The fourth-order valence-corrected chi connectivity index (χ4v) is 5.02. The minimum Gasteiger partial charge on any atom is -0.481 e. The second-order valence-corrected chi connectivity index (χ2v) is 9.59. The molecule has 0 saturated carbocycles. The SMILES string of the molecule is Cc1c(CC(=O)O)cc2ccc(Cl)cc2c1-c1ccc(NS(=O)(=O)c2ccccc2)cc1. The van der Waals surface area contributed by atoms with Crippen LogP contribution in [0.25, 0.3) is 21.9 Å². The summed E-state index contributed by atoms with van der Waals surface area (Å²) in [7, 11) is -3.69. The molecule has 4 aromatic carbocycles. The Bertz CT molecular complexity index is 1420. The van der Waals surface area contributed by atoms with Crippen LogP contribution >= 0.6 is 11.6 Å². The molecule has 2 N–H and O–H groups in total. The zero-order valence-electron chi connectivity index (χ0n) is 17.2. The van der Waals surface area contributed by atoms with Crippen LogP contribution in [0.5, 0.6) is 0 Å². The van der Waals surface area contributed by atoms with Crippen molar-refractivity contribution in [2.75, 3.05) is 4.72 Å². The van der Waals surface area contributed by atoms with Gasteiger partial charge in [0, 0.05) is 10.7 Å². The molecule has 0 aliphatic carbocycles. The summed E-state index contributed by atoms with van der Waals surface area (Å²) in [5, 5.41) is 11.7. The number of carboxylic acids is 1. The van der Waals surface area contributed by atoms with E-state index < -0.39 is 16.0 Å². The van der Waals surface area contributed by atoms with E-state index in [9.17, 15) is 18.3 Å². The lowest BCUT2D eigenvalue weighted by Crippen LogP contribution is -2.12. The number of carboxylic acid groups (broad SMARTS) is 1. The van der Waals surface area contributed by atoms with Crippen molar-refractivity contribution in [2.45, 2.75) is 18.2 Å². The summed E-state index contributed by atoms with van der Waals surface area (Å²) in [4.78, 5) is 11.5. The van der Waals surface area contributed by atoms with Gasteiger partial charge in [-0.05, 0) is 76.3 Å². The van der Waals surface area contributed by atoms with Crippen LogP contribution in [0.3, 0.4) is 0 Å². The normalized spacial score (nSPS) is 11.4. The molecule has 0 aromatic heterocycles. The summed E-state index contributed by atoms with van der Waals surface area (Å²) in [5.74, 6) is -0.905. The first kappa shape index (κ1) is 21.9. The number of aliphatic carboxylic acids is 1. The van der Waals surface area contributed by atoms with Crippen molar-refractivity contribution < 1.29 is 18.3 Å². The van der Waals surface area contributed by atoms with Crippen LogP contribution in [-0.4, -0.2) is 19.5 Å². The molecular formula is C25H20ClNO4S. The van der Waals surface area contributed by atoms with Crippen LogP contribution < -0.4 is 4.72 Å². The lowest BCUT2D eigenvalue weighted by molar-refractivity contribution is -0.136. The predicted octanol–water partition coefficient (Wildman–Crippen LogP) is 5.90. The topological polar surface area (TPSA) is 83.5 Å². The number of benzene rings is 4. The number of anilines is 1. The number of rotatable bonds is 6. The Morgan fingerprint density at radius 3 is 2.31 bits per heavy atom. The summed E-state index contributed by atoms with van der Waals surface area (Å²) in [6, 6.07) is 22.5. The largest absolute Gasteiger partial charge is 0.481 e. The van der Waals surface area contributed by atoms with E-state index >= 15 is 0 Å². The average Bonchev–Trinajstić information content (AvgIpc) is 2.76. The number of sulfonamides is 1. The van der Waals surface area contributed by atoms with Crippen LogP contribution in [0.1, 0.15) is 11.1 Å². The van der Waals surface area contributed by atoms with Gasteiger partial charge in [0.1, 0.15) is 0 Å². The quantitative estimate of drug-likeness (QED) is 0.371. The highest BCUT2D eigenvalue weighted by atomic mass is 35.5. The molecule has 5 nitrogen and oxygen atoms in total. The molecule has 32 heavy (non-hydrogen) atoms. The van der Waals surface area contributed by atoms with E-state index in [4.69, 9.17) is 11.6 Å². The molecule has 0 aliphatic rings. The first-order valence-corrected chi connectivity index (χ1v) is 11.7. The van der Waals surface area contributed by atoms with Crippen LogP contribution in [0.4, 0.5) is 5.69 Å². The minimum absolute atomic E-state index is 0.0909. The number of nitrogens with one attached hydrogen (secondary N) is 1. The predicted molar refractivity (Wildman–Crippen MR) is 128 cm³/mol. The van der Waals surface area contributed by atoms with Gasteiger partial charge in [0.15, 0.2) is 0 Å². The first-order valence-electron chi connectivity index (χ1n) is 9.86. The van der Waals surface area contributed by atoms with Crippen LogP contribution in [0.15, 0.2) is 83.8 Å². The van der Waals surface area contributed by atoms with Gasteiger partial charge < -0.3 is 5.11 Å². The average molecular weight is 466 g/mol. The van der Waals surface area contributed by atoms with Gasteiger partial charge in [-0.15, -0.1) is 0 Å². The highest BCUT2D eigenvalue weighted by molar-refractivity contribution is 7.92. The maximum atomic E-state index is 12.6. The summed E-state index contributed by atoms with van der Waals surface area (Å²) < 4.78 is 27.8. The Morgan fingerprint density at radius 1 is 0.969 bits per heavy atom. The zero-order chi connectivity index (χ0) is 22.9. The third-order valence-corrected chi connectivity index (χ3v) is 6.92. The van der Waals surface area contributed by atoms with Gasteiger partial charge >= 0.3 is 5.97 Å². The second-order valence-electron chi connectivity index (χ2n) is 7.47. The molecule has 0 radical (unpaired) electrons. The number of carbonyl (C=O) groups is 1. The monoisotopic (exact) mass is 465 g/mol. The van der Waals surface area contributed by atoms with Crippen molar-refractivity contribution in [2.24, 2.45) is 0 Å². The van der Waals surface area contributed by atoms with E-state index in [1.165, 1.54) is 12.1 Å². The summed E-state index contributed by atoms with van der Waals surface area (Å²) in [6.45, 7) is 1.89. The van der Waals surface area contributed by atoms with Gasteiger partial charge in [0.2, 0.25) is 0 Å².